The minimum Gasteiger partial charge on any atom is -0.381 e. The van der Waals surface area contributed by atoms with Crippen LogP contribution in [-0.4, -0.2) is 89.2 Å². The summed E-state index contributed by atoms with van der Waals surface area (Å²) in [6.45, 7) is 4.66. The molecule has 2 aliphatic heterocycles. The molecule has 11 heteroatoms. The van der Waals surface area contributed by atoms with Crippen LogP contribution in [0.1, 0.15) is 6.42 Å². The second-order valence-electron chi connectivity index (χ2n) is 6.96. The predicted molar refractivity (Wildman–Crippen MR) is 107 cm³/mol. The van der Waals surface area contributed by atoms with Gasteiger partial charge < -0.3 is 14.8 Å². The van der Waals surface area contributed by atoms with Crippen molar-refractivity contribution in [3.63, 3.8) is 0 Å². The van der Waals surface area contributed by atoms with Crippen molar-refractivity contribution in [3.8, 4) is 0 Å². The minimum atomic E-state index is -3.73. The van der Waals surface area contributed by atoms with Gasteiger partial charge in [0.25, 0.3) is 10.0 Å². The zero-order valence-corrected chi connectivity index (χ0v) is 18.2. The summed E-state index contributed by atoms with van der Waals surface area (Å²) >= 11 is 6.81. The van der Waals surface area contributed by atoms with Gasteiger partial charge in [-0.3, -0.25) is 9.69 Å². The Kier molecular flexibility index (Phi) is 7.71. The highest BCUT2D eigenvalue weighted by Crippen LogP contribution is 2.27. The molecule has 8 nitrogen and oxygen atoms in total. The Morgan fingerprint density at radius 1 is 1.36 bits per heavy atom. The van der Waals surface area contributed by atoms with Crippen LogP contribution < -0.4 is 5.32 Å². The Bertz CT molecular complexity index is 761. The predicted octanol–water partition coefficient (Wildman–Crippen LogP) is 0.876. The second kappa shape index (κ2) is 9.84. The first kappa shape index (κ1) is 21.9. The number of halogens is 1. The highest BCUT2D eigenvalue weighted by Gasteiger charge is 2.32. The van der Waals surface area contributed by atoms with E-state index >= 15 is 0 Å². The topological polar surface area (TPSA) is 88.2 Å². The van der Waals surface area contributed by atoms with Crippen molar-refractivity contribution < 1.29 is 22.7 Å². The Hall–Kier alpha value is -0.750. The van der Waals surface area contributed by atoms with Crippen LogP contribution in [0.5, 0.6) is 0 Å². The molecule has 0 radical (unpaired) electrons. The summed E-state index contributed by atoms with van der Waals surface area (Å²) in [5.74, 6) is 0.0269. The lowest BCUT2D eigenvalue weighted by atomic mass is 9.97. The molecule has 28 heavy (non-hydrogen) atoms. The molecule has 2 aliphatic rings. The summed E-state index contributed by atoms with van der Waals surface area (Å²) in [4.78, 5) is 14.8. The summed E-state index contributed by atoms with van der Waals surface area (Å²) in [6, 6.07) is 3.14. The molecule has 1 N–H and O–H groups in total. The molecule has 2 fully saturated rings. The van der Waals surface area contributed by atoms with Gasteiger partial charge in [-0.05, 0) is 18.6 Å². The van der Waals surface area contributed by atoms with Gasteiger partial charge in [0.2, 0.25) is 5.91 Å². The molecule has 1 aromatic rings. The fraction of sp³-hybridized carbons (Fsp3) is 0.706. The number of carbonyl (C=O) groups is 1. The van der Waals surface area contributed by atoms with Gasteiger partial charge in [0.15, 0.2) is 0 Å². The number of nitrogens with zero attached hydrogens (tertiary/aromatic N) is 2. The van der Waals surface area contributed by atoms with Crippen molar-refractivity contribution in [1.82, 2.24) is 14.5 Å². The van der Waals surface area contributed by atoms with Crippen molar-refractivity contribution in [3.05, 3.63) is 16.5 Å². The van der Waals surface area contributed by atoms with Gasteiger partial charge >= 0.3 is 0 Å². The van der Waals surface area contributed by atoms with Gasteiger partial charge in [0.1, 0.15) is 4.21 Å². The summed E-state index contributed by atoms with van der Waals surface area (Å²) in [6.07, 6.45) is 0.964. The van der Waals surface area contributed by atoms with Crippen LogP contribution in [0.3, 0.4) is 0 Å². The number of amides is 1. The summed E-state index contributed by atoms with van der Waals surface area (Å²) in [5.41, 5.74) is 0. The third kappa shape index (κ3) is 5.44. The fourth-order valence-corrected chi connectivity index (χ4v) is 6.33. The molecule has 1 amide bonds. The maximum atomic E-state index is 12.5. The Morgan fingerprint density at radius 3 is 2.71 bits per heavy atom. The molecule has 2 unspecified atom stereocenters. The van der Waals surface area contributed by atoms with Crippen molar-refractivity contribution >= 4 is 38.9 Å². The van der Waals surface area contributed by atoms with Crippen LogP contribution >= 0.6 is 22.9 Å². The van der Waals surface area contributed by atoms with E-state index in [2.05, 4.69) is 10.2 Å². The molecule has 0 aromatic carbocycles. The van der Waals surface area contributed by atoms with E-state index in [1.165, 1.54) is 19.2 Å². The molecular weight excluding hydrogens is 426 g/mol. The average Bonchev–Trinajstić information content (AvgIpc) is 3.35. The van der Waals surface area contributed by atoms with Gasteiger partial charge in [-0.2, -0.15) is 4.31 Å². The number of thiophene rings is 1. The van der Waals surface area contributed by atoms with Crippen LogP contribution in [0.25, 0.3) is 0 Å². The fourth-order valence-electron chi connectivity index (χ4n) is 3.51. The zero-order valence-electron chi connectivity index (χ0n) is 15.8. The third-order valence-electron chi connectivity index (χ3n) is 5.11. The largest absolute Gasteiger partial charge is 0.381 e. The molecule has 0 saturated carbocycles. The van der Waals surface area contributed by atoms with Crippen LogP contribution in [0.15, 0.2) is 16.3 Å². The molecule has 3 heterocycles. The Labute approximate surface area is 174 Å². The molecule has 0 aliphatic carbocycles. The monoisotopic (exact) mass is 451 g/mol. The smallest absolute Gasteiger partial charge is 0.252 e. The Morgan fingerprint density at radius 2 is 2.11 bits per heavy atom. The zero-order chi connectivity index (χ0) is 20.1. The SMILES string of the molecule is CN(CC(=O)NCC(C1CCOC1)N1CCOCC1)S(=O)(=O)c1ccc(Cl)s1. The second-order valence-corrected chi connectivity index (χ2v) is 10.9. The molecule has 0 bridgehead atoms. The summed E-state index contributed by atoms with van der Waals surface area (Å²) in [5, 5.41) is 2.91. The van der Waals surface area contributed by atoms with Crippen molar-refractivity contribution in [1.29, 1.82) is 0 Å². The number of hydrogen-bond acceptors (Lipinski definition) is 7. The summed E-state index contributed by atoms with van der Waals surface area (Å²) in [7, 11) is -2.33. The van der Waals surface area contributed by atoms with E-state index in [4.69, 9.17) is 21.1 Å². The lowest BCUT2D eigenvalue weighted by molar-refractivity contribution is -0.121. The number of sulfonamides is 1. The number of morpholine rings is 1. The van der Waals surface area contributed by atoms with E-state index < -0.39 is 10.0 Å². The molecule has 2 saturated heterocycles. The van der Waals surface area contributed by atoms with Gasteiger partial charge in [0, 0.05) is 45.2 Å². The van der Waals surface area contributed by atoms with Crippen LogP contribution in [-0.2, 0) is 24.3 Å². The minimum absolute atomic E-state index is 0.127. The first-order valence-electron chi connectivity index (χ1n) is 9.26. The number of rotatable bonds is 8. The van der Waals surface area contributed by atoms with E-state index in [0.717, 1.165) is 41.8 Å². The van der Waals surface area contributed by atoms with Crippen molar-refractivity contribution in [2.24, 2.45) is 5.92 Å². The lowest BCUT2D eigenvalue weighted by Gasteiger charge is -2.37. The van der Waals surface area contributed by atoms with Gasteiger partial charge in [-0.15, -0.1) is 11.3 Å². The molecule has 3 rings (SSSR count). The lowest BCUT2D eigenvalue weighted by Crippen LogP contribution is -2.53. The highest BCUT2D eigenvalue weighted by molar-refractivity contribution is 7.91. The van der Waals surface area contributed by atoms with Crippen molar-refractivity contribution in [2.45, 2.75) is 16.7 Å². The van der Waals surface area contributed by atoms with E-state index in [-0.39, 0.29) is 22.7 Å². The van der Waals surface area contributed by atoms with Gasteiger partial charge in [-0.25, -0.2) is 8.42 Å². The van der Waals surface area contributed by atoms with E-state index in [1.54, 1.807) is 0 Å². The number of likely N-dealkylation sites (N-methyl/N-ethyl adjacent to an activating group) is 1. The normalized spacial score (nSPS) is 22.5. The molecule has 158 valence electrons. The van der Waals surface area contributed by atoms with Crippen molar-refractivity contribution in [2.75, 3.05) is 59.7 Å². The first-order chi connectivity index (χ1) is 13.4. The average molecular weight is 452 g/mol. The Balaban J connectivity index is 1.56. The van der Waals surface area contributed by atoms with Gasteiger partial charge in [-0.1, -0.05) is 11.6 Å². The van der Waals surface area contributed by atoms with Gasteiger partial charge in [0.05, 0.1) is 30.7 Å². The number of carbonyl (C=O) groups excluding carboxylic acids is 1. The number of ether oxygens (including phenoxy) is 2. The van der Waals surface area contributed by atoms with E-state index in [0.29, 0.717) is 36.6 Å². The molecule has 0 spiro atoms. The quantitative estimate of drug-likeness (QED) is 0.631. The van der Waals surface area contributed by atoms with E-state index in [1.807, 2.05) is 0 Å². The number of hydrogen-bond donors (Lipinski definition) is 1. The maximum Gasteiger partial charge on any atom is 0.252 e. The van der Waals surface area contributed by atoms with Crippen LogP contribution in [0, 0.1) is 5.92 Å². The molecule has 1 aromatic heterocycles. The first-order valence-corrected chi connectivity index (χ1v) is 11.9. The molecule has 2 atom stereocenters. The third-order valence-corrected chi connectivity index (χ3v) is 8.61. The maximum absolute atomic E-state index is 12.5. The number of nitrogens with one attached hydrogen (secondary N) is 1. The van der Waals surface area contributed by atoms with E-state index in [9.17, 15) is 13.2 Å². The standard InChI is InChI=1S/C17H26ClN3O5S2/c1-20(28(23,24)17-3-2-15(18)27-17)11-16(22)19-10-14(13-4-7-26-12-13)21-5-8-25-9-6-21/h2-3,13-14H,4-12H2,1H3,(H,19,22). The molecular formula is C17H26ClN3O5S2. The van der Waals surface area contributed by atoms with Crippen LogP contribution in [0.2, 0.25) is 4.34 Å². The highest BCUT2D eigenvalue weighted by atomic mass is 35.5. The van der Waals surface area contributed by atoms with Crippen LogP contribution in [0.4, 0.5) is 0 Å². The summed E-state index contributed by atoms with van der Waals surface area (Å²) < 4.78 is 37.6.